The Morgan fingerprint density at radius 3 is 2.70 bits per heavy atom. The van der Waals surface area contributed by atoms with Crippen molar-refractivity contribution in [1.82, 2.24) is 18.8 Å². The molecule has 0 unspecified atom stereocenters. The van der Waals surface area contributed by atoms with Crippen molar-refractivity contribution in [3.8, 4) is 11.4 Å². The van der Waals surface area contributed by atoms with Crippen LogP contribution in [0.1, 0.15) is 23.2 Å². The van der Waals surface area contributed by atoms with E-state index in [0.29, 0.717) is 29.7 Å². The van der Waals surface area contributed by atoms with Crippen molar-refractivity contribution >= 4 is 44.1 Å². The number of hydrogen-bond donors (Lipinski definition) is 1. The summed E-state index contributed by atoms with van der Waals surface area (Å²) in [7, 11) is -1.77. The number of thiazole rings is 1. The van der Waals surface area contributed by atoms with Gasteiger partial charge in [0.15, 0.2) is 5.13 Å². The van der Waals surface area contributed by atoms with E-state index in [1.807, 2.05) is 23.6 Å². The predicted octanol–water partition coefficient (Wildman–Crippen LogP) is 2.14. The molecule has 2 amide bonds. The molecule has 0 radical (unpaired) electrons. The summed E-state index contributed by atoms with van der Waals surface area (Å²) in [5, 5.41) is 5.08. The number of likely N-dealkylation sites (tertiary alicyclic amines) is 1. The third kappa shape index (κ3) is 5.38. The standard InChI is InChI=1S/C24H28N6O5S2/c1-35-14-16-6-9-28(12-16)21-5-3-4-18(25-21)19-15-36-24(26-19)27-22(31)20-8-11-30(20)23(32)17-7-10-29(13-17)37(2,33)34/h3-5,7,10,13,15-16,20H,6,8-9,11-12,14H2,1-2H3,(H,26,27,31)/t16-,20+/m1/s1. The molecule has 11 nitrogen and oxygen atoms in total. The Bertz CT molecular complexity index is 1420. The Balaban J connectivity index is 1.22. The lowest BCUT2D eigenvalue weighted by atomic mass is 10.0. The van der Waals surface area contributed by atoms with E-state index in [0.717, 1.165) is 47.9 Å². The fourth-order valence-electron chi connectivity index (χ4n) is 4.57. The van der Waals surface area contributed by atoms with E-state index in [-0.39, 0.29) is 17.4 Å². The number of amides is 2. The summed E-state index contributed by atoms with van der Waals surface area (Å²) in [5.74, 6) is 0.674. The average molecular weight is 545 g/mol. The van der Waals surface area contributed by atoms with Gasteiger partial charge in [0.1, 0.15) is 17.6 Å². The molecule has 196 valence electrons. The van der Waals surface area contributed by atoms with E-state index < -0.39 is 16.1 Å². The monoisotopic (exact) mass is 544 g/mol. The highest BCUT2D eigenvalue weighted by Gasteiger charge is 2.38. The maximum Gasteiger partial charge on any atom is 0.256 e. The van der Waals surface area contributed by atoms with Crippen LogP contribution in [-0.2, 0) is 19.6 Å². The van der Waals surface area contributed by atoms with Crippen LogP contribution in [0.15, 0.2) is 42.0 Å². The third-order valence-electron chi connectivity index (χ3n) is 6.62. The number of ether oxygens (including phenoxy) is 1. The van der Waals surface area contributed by atoms with Crippen LogP contribution in [0.5, 0.6) is 0 Å². The van der Waals surface area contributed by atoms with Crippen molar-refractivity contribution in [3.05, 3.63) is 47.6 Å². The van der Waals surface area contributed by atoms with Gasteiger partial charge in [0.05, 0.1) is 24.1 Å². The van der Waals surface area contributed by atoms with Gasteiger partial charge in [-0.1, -0.05) is 6.07 Å². The van der Waals surface area contributed by atoms with Gasteiger partial charge in [0.2, 0.25) is 15.9 Å². The second kappa shape index (κ2) is 10.2. The van der Waals surface area contributed by atoms with Crippen LogP contribution in [-0.4, -0.2) is 84.7 Å². The number of methoxy groups -OCH3 is 1. The highest BCUT2D eigenvalue weighted by molar-refractivity contribution is 7.89. The lowest BCUT2D eigenvalue weighted by Crippen LogP contribution is -2.56. The van der Waals surface area contributed by atoms with Gasteiger partial charge >= 0.3 is 0 Å². The van der Waals surface area contributed by atoms with E-state index in [1.54, 1.807) is 7.11 Å². The first-order chi connectivity index (χ1) is 17.7. The molecule has 37 heavy (non-hydrogen) atoms. The van der Waals surface area contributed by atoms with Gasteiger partial charge < -0.3 is 19.9 Å². The molecule has 0 aliphatic carbocycles. The molecular weight excluding hydrogens is 516 g/mol. The summed E-state index contributed by atoms with van der Waals surface area (Å²) in [5.41, 5.74) is 1.61. The fraction of sp³-hybridized carbons (Fsp3) is 0.417. The largest absolute Gasteiger partial charge is 0.384 e. The van der Waals surface area contributed by atoms with Gasteiger partial charge in [0.25, 0.3) is 5.91 Å². The maximum absolute atomic E-state index is 12.9. The van der Waals surface area contributed by atoms with Crippen molar-refractivity contribution in [1.29, 1.82) is 0 Å². The van der Waals surface area contributed by atoms with Crippen LogP contribution in [0.2, 0.25) is 0 Å². The molecule has 0 saturated carbocycles. The van der Waals surface area contributed by atoms with Crippen LogP contribution in [0.25, 0.3) is 11.4 Å². The first-order valence-corrected chi connectivity index (χ1v) is 14.6. The van der Waals surface area contributed by atoms with Crippen LogP contribution >= 0.6 is 11.3 Å². The minimum absolute atomic E-state index is 0.219. The van der Waals surface area contributed by atoms with Crippen molar-refractivity contribution < 1.29 is 22.7 Å². The Labute approximate surface area is 219 Å². The summed E-state index contributed by atoms with van der Waals surface area (Å²) >= 11 is 1.30. The number of carbonyl (C=O) groups excluding carboxylic acids is 2. The molecule has 3 aromatic heterocycles. The van der Waals surface area contributed by atoms with E-state index in [2.05, 4.69) is 15.2 Å². The molecule has 5 heterocycles. The molecule has 2 aliphatic heterocycles. The summed E-state index contributed by atoms with van der Waals surface area (Å²) < 4.78 is 29.6. The smallest absolute Gasteiger partial charge is 0.256 e. The number of pyridine rings is 1. The molecule has 13 heteroatoms. The topological polar surface area (TPSA) is 127 Å². The summed E-state index contributed by atoms with van der Waals surface area (Å²) in [6, 6.07) is 6.62. The zero-order chi connectivity index (χ0) is 26.2. The predicted molar refractivity (Wildman–Crippen MR) is 140 cm³/mol. The summed E-state index contributed by atoms with van der Waals surface area (Å²) in [6.07, 6.45) is 5.22. The van der Waals surface area contributed by atoms with Crippen LogP contribution in [0.3, 0.4) is 0 Å². The molecule has 2 saturated heterocycles. The van der Waals surface area contributed by atoms with Gasteiger partial charge in [0, 0.05) is 50.4 Å². The Hall–Kier alpha value is -3.29. The molecule has 2 fully saturated rings. The second-order valence-corrected chi connectivity index (χ2v) is 12.0. The lowest BCUT2D eigenvalue weighted by Gasteiger charge is -2.39. The van der Waals surface area contributed by atoms with Gasteiger partial charge in [-0.2, -0.15) is 0 Å². The van der Waals surface area contributed by atoms with Crippen molar-refractivity contribution in [2.24, 2.45) is 5.92 Å². The molecule has 5 rings (SSSR count). The van der Waals surface area contributed by atoms with Crippen molar-refractivity contribution in [2.75, 3.05) is 49.8 Å². The molecule has 1 N–H and O–H groups in total. The highest BCUT2D eigenvalue weighted by Crippen LogP contribution is 2.29. The number of nitrogens with one attached hydrogen (secondary N) is 1. The second-order valence-electron chi connectivity index (χ2n) is 9.26. The number of carbonyl (C=O) groups is 2. The normalized spacial score (nSPS) is 19.6. The summed E-state index contributed by atoms with van der Waals surface area (Å²) in [4.78, 5) is 38.7. The molecule has 2 aliphatic rings. The number of anilines is 2. The number of rotatable bonds is 8. The van der Waals surface area contributed by atoms with Crippen LogP contribution < -0.4 is 10.2 Å². The quantitative estimate of drug-likeness (QED) is 0.457. The zero-order valence-corrected chi connectivity index (χ0v) is 22.2. The van der Waals surface area contributed by atoms with Gasteiger partial charge in [-0.25, -0.2) is 18.4 Å². The van der Waals surface area contributed by atoms with E-state index in [9.17, 15) is 18.0 Å². The zero-order valence-electron chi connectivity index (χ0n) is 20.5. The Morgan fingerprint density at radius 1 is 1.16 bits per heavy atom. The Morgan fingerprint density at radius 2 is 2.00 bits per heavy atom. The number of nitrogens with zero attached hydrogens (tertiary/aromatic N) is 5. The van der Waals surface area contributed by atoms with Gasteiger partial charge in [-0.05, 0) is 31.0 Å². The number of aromatic nitrogens is 3. The molecule has 2 atom stereocenters. The van der Waals surface area contributed by atoms with E-state index in [1.165, 1.54) is 34.7 Å². The van der Waals surface area contributed by atoms with Crippen molar-refractivity contribution in [3.63, 3.8) is 0 Å². The lowest BCUT2D eigenvalue weighted by molar-refractivity contribution is -0.123. The van der Waals surface area contributed by atoms with Gasteiger partial charge in [-0.3, -0.25) is 13.6 Å². The molecule has 0 aromatic carbocycles. The minimum Gasteiger partial charge on any atom is -0.384 e. The SMILES string of the molecule is COC[C@@H]1CCN(c2cccc(-c3csc(NC(=O)[C@@H]4CCN4C(=O)c4ccn(S(C)(=O)=O)c4)n3)n2)C1. The van der Waals surface area contributed by atoms with Crippen LogP contribution in [0.4, 0.5) is 10.9 Å². The first kappa shape index (κ1) is 25.4. The third-order valence-corrected chi connectivity index (χ3v) is 8.37. The van der Waals surface area contributed by atoms with E-state index >= 15 is 0 Å². The molecule has 0 spiro atoms. The maximum atomic E-state index is 12.9. The molecule has 3 aromatic rings. The number of hydrogen-bond acceptors (Lipinski definition) is 9. The fourth-order valence-corrected chi connectivity index (χ4v) is 5.86. The Kier molecular flexibility index (Phi) is 7.01. The minimum atomic E-state index is -3.49. The summed E-state index contributed by atoms with van der Waals surface area (Å²) in [6.45, 7) is 2.99. The molecular formula is C24H28N6O5S2. The average Bonchev–Trinajstić information content (AvgIpc) is 3.59. The highest BCUT2D eigenvalue weighted by atomic mass is 32.2. The molecule has 0 bridgehead atoms. The van der Waals surface area contributed by atoms with Crippen molar-refractivity contribution in [2.45, 2.75) is 18.9 Å². The van der Waals surface area contributed by atoms with Crippen LogP contribution in [0, 0.1) is 5.92 Å². The van der Waals surface area contributed by atoms with Gasteiger partial charge in [-0.15, -0.1) is 11.3 Å². The first-order valence-electron chi connectivity index (χ1n) is 11.9. The van der Waals surface area contributed by atoms with E-state index in [4.69, 9.17) is 9.72 Å².